The van der Waals surface area contributed by atoms with Crippen LogP contribution < -0.4 is 10.2 Å². The second-order valence-corrected chi connectivity index (χ2v) is 5.76. The van der Waals surface area contributed by atoms with Gasteiger partial charge in [0.1, 0.15) is 5.75 Å². The van der Waals surface area contributed by atoms with Crippen LogP contribution in [0.2, 0.25) is 5.02 Å². The largest absolute Gasteiger partial charge is 0.484 e. The third-order valence-electron chi connectivity index (χ3n) is 3.41. The van der Waals surface area contributed by atoms with Crippen LogP contribution in [0.1, 0.15) is 30.9 Å². The summed E-state index contributed by atoms with van der Waals surface area (Å²) >= 11 is 6.00. The van der Waals surface area contributed by atoms with E-state index in [0.29, 0.717) is 10.8 Å². The van der Waals surface area contributed by atoms with Crippen LogP contribution in [-0.2, 0) is 11.2 Å². The van der Waals surface area contributed by atoms with Gasteiger partial charge in [-0.3, -0.25) is 4.79 Å². The van der Waals surface area contributed by atoms with Crippen molar-refractivity contribution in [1.29, 1.82) is 0 Å². The molecule has 0 saturated heterocycles. The molecule has 0 unspecified atom stereocenters. The zero-order chi connectivity index (χ0) is 17.2. The third-order valence-corrected chi connectivity index (χ3v) is 3.75. The molecule has 2 aromatic rings. The van der Waals surface area contributed by atoms with Gasteiger partial charge >= 0.3 is 0 Å². The van der Waals surface area contributed by atoms with E-state index in [9.17, 15) is 4.79 Å². The molecule has 0 aromatic heterocycles. The highest BCUT2D eigenvalue weighted by molar-refractivity contribution is 6.33. The van der Waals surface area contributed by atoms with Gasteiger partial charge in [-0.2, -0.15) is 5.10 Å². The second-order valence-electron chi connectivity index (χ2n) is 5.35. The number of rotatable bonds is 8. The summed E-state index contributed by atoms with van der Waals surface area (Å²) in [6.07, 6.45) is 4.91. The van der Waals surface area contributed by atoms with Crippen LogP contribution in [-0.4, -0.2) is 18.7 Å². The van der Waals surface area contributed by atoms with Crippen LogP contribution >= 0.6 is 11.6 Å². The summed E-state index contributed by atoms with van der Waals surface area (Å²) < 4.78 is 5.44. The lowest BCUT2D eigenvalue weighted by molar-refractivity contribution is -0.123. The van der Waals surface area contributed by atoms with Gasteiger partial charge in [-0.15, -0.1) is 0 Å². The van der Waals surface area contributed by atoms with Gasteiger partial charge in [0.2, 0.25) is 0 Å². The topological polar surface area (TPSA) is 50.7 Å². The van der Waals surface area contributed by atoms with E-state index in [1.165, 1.54) is 24.6 Å². The summed E-state index contributed by atoms with van der Waals surface area (Å²) in [4.78, 5) is 11.7. The number of unbranched alkanes of at least 4 members (excludes halogenated alkanes) is 1. The normalized spacial score (nSPS) is 10.8. The fraction of sp³-hybridized carbons (Fsp3) is 0.263. The molecule has 0 radical (unpaired) electrons. The zero-order valence-corrected chi connectivity index (χ0v) is 14.4. The van der Waals surface area contributed by atoms with Gasteiger partial charge in [0, 0.05) is 10.6 Å². The first-order chi connectivity index (χ1) is 11.7. The molecule has 4 nitrogen and oxygen atoms in total. The van der Waals surface area contributed by atoms with Gasteiger partial charge in [0.05, 0.1) is 6.21 Å². The maximum absolute atomic E-state index is 11.7. The smallest absolute Gasteiger partial charge is 0.277 e. The van der Waals surface area contributed by atoms with Crippen LogP contribution in [0.5, 0.6) is 5.75 Å². The van der Waals surface area contributed by atoms with Crippen molar-refractivity contribution < 1.29 is 9.53 Å². The maximum Gasteiger partial charge on any atom is 0.277 e. The Morgan fingerprint density at radius 1 is 1.21 bits per heavy atom. The molecule has 5 heteroatoms. The quantitative estimate of drug-likeness (QED) is 0.576. The number of benzene rings is 2. The molecular weight excluding hydrogens is 324 g/mol. The standard InChI is InChI=1S/C19H21ClN2O2/c1-2-3-6-15-9-11-17(12-10-15)24-14-19(23)22-21-13-16-7-4-5-8-18(16)20/h4-5,7-13H,2-3,6,14H2,1H3,(H,22,23). The molecule has 0 aliphatic rings. The van der Waals surface area contributed by atoms with E-state index in [1.54, 1.807) is 6.07 Å². The predicted octanol–water partition coefficient (Wildman–Crippen LogP) is 4.21. The summed E-state index contributed by atoms with van der Waals surface area (Å²) in [5.74, 6) is 0.342. The number of nitrogens with zero attached hydrogens (tertiary/aromatic N) is 1. The number of carbonyl (C=O) groups is 1. The molecule has 0 aliphatic carbocycles. The SMILES string of the molecule is CCCCc1ccc(OCC(=O)NN=Cc2ccccc2Cl)cc1. The van der Waals surface area contributed by atoms with Crippen LogP contribution in [0.3, 0.4) is 0 Å². The first kappa shape index (κ1) is 18.0. The molecule has 1 N–H and O–H groups in total. The number of hydrazone groups is 1. The molecule has 2 rings (SSSR count). The summed E-state index contributed by atoms with van der Waals surface area (Å²) in [5.41, 5.74) is 4.43. The van der Waals surface area contributed by atoms with Gasteiger partial charge in [-0.05, 0) is 36.6 Å². The molecule has 0 spiro atoms. The molecule has 0 heterocycles. The third kappa shape index (κ3) is 6.05. The highest BCUT2D eigenvalue weighted by Gasteiger charge is 2.02. The number of carbonyl (C=O) groups excluding carboxylic acids is 1. The van der Waals surface area contributed by atoms with Crippen molar-refractivity contribution in [2.45, 2.75) is 26.2 Å². The van der Waals surface area contributed by atoms with Gasteiger partial charge < -0.3 is 4.74 Å². The number of halogens is 1. The fourth-order valence-corrected chi connectivity index (χ4v) is 2.25. The lowest BCUT2D eigenvalue weighted by Crippen LogP contribution is -2.24. The van der Waals surface area contributed by atoms with Gasteiger partial charge in [-0.1, -0.05) is 55.3 Å². The summed E-state index contributed by atoms with van der Waals surface area (Å²) in [6, 6.07) is 15.1. The number of amides is 1. The Hall–Kier alpha value is -2.33. The molecular formula is C19H21ClN2O2. The van der Waals surface area contributed by atoms with E-state index >= 15 is 0 Å². The monoisotopic (exact) mass is 344 g/mol. The van der Waals surface area contributed by atoms with Crippen LogP contribution in [0.25, 0.3) is 0 Å². The van der Waals surface area contributed by atoms with Gasteiger partial charge in [0.15, 0.2) is 6.61 Å². The second kappa shape index (κ2) is 9.73. The van der Waals surface area contributed by atoms with E-state index < -0.39 is 0 Å². The first-order valence-corrected chi connectivity index (χ1v) is 8.35. The van der Waals surface area contributed by atoms with Gasteiger partial charge in [-0.25, -0.2) is 5.43 Å². The number of ether oxygens (including phenoxy) is 1. The predicted molar refractivity (Wildman–Crippen MR) is 97.7 cm³/mol. The van der Waals surface area contributed by atoms with E-state index in [1.807, 2.05) is 42.5 Å². The minimum Gasteiger partial charge on any atom is -0.484 e. The minimum absolute atomic E-state index is 0.0891. The molecule has 0 saturated carbocycles. The van der Waals surface area contributed by atoms with Crippen molar-refractivity contribution in [3.8, 4) is 5.75 Å². The van der Waals surface area contributed by atoms with Crippen molar-refractivity contribution >= 4 is 23.7 Å². The lowest BCUT2D eigenvalue weighted by atomic mass is 10.1. The molecule has 0 aliphatic heterocycles. The first-order valence-electron chi connectivity index (χ1n) is 7.97. The van der Waals surface area contributed by atoms with E-state index in [-0.39, 0.29) is 12.5 Å². The van der Waals surface area contributed by atoms with Crippen LogP contribution in [0.4, 0.5) is 0 Å². The number of nitrogens with one attached hydrogen (secondary N) is 1. The van der Waals surface area contributed by atoms with Crippen LogP contribution in [0.15, 0.2) is 53.6 Å². The van der Waals surface area contributed by atoms with Crippen LogP contribution in [0, 0.1) is 0 Å². The lowest BCUT2D eigenvalue weighted by Gasteiger charge is -2.06. The Labute approximate surface area is 147 Å². The molecule has 24 heavy (non-hydrogen) atoms. The minimum atomic E-state index is -0.326. The Balaban J connectivity index is 1.76. The van der Waals surface area contributed by atoms with E-state index in [0.717, 1.165) is 12.0 Å². The molecule has 126 valence electrons. The van der Waals surface area contributed by atoms with Crippen molar-refractivity contribution in [3.63, 3.8) is 0 Å². The molecule has 0 fully saturated rings. The fourth-order valence-electron chi connectivity index (χ4n) is 2.07. The summed E-state index contributed by atoms with van der Waals surface area (Å²) in [6.45, 7) is 2.08. The average Bonchev–Trinajstić information content (AvgIpc) is 2.61. The average molecular weight is 345 g/mol. The number of hydrogen-bond donors (Lipinski definition) is 1. The Morgan fingerprint density at radius 3 is 2.67 bits per heavy atom. The highest BCUT2D eigenvalue weighted by atomic mass is 35.5. The van der Waals surface area contributed by atoms with Crippen molar-refractivity contribution in [3.05, 3.63) is 64.7 Å². The molecule has 0 bridgehead atoms. The van der Waals surface area contributed by atoms with E-state index in [4.69, 9.17) is 16.3 Å². The Morgan fingerprint density at radius 2 is 1.96 bits per heavy atom. The summed E-state index contributed by atoms with van der Waals surface area (Å²) in [5, 5.41) is 4.45. The maximum atomic E-state index is 11.7. The van der Waals surface area contributed by atoms with E-state index in [2.05, 4.69) is 17.5 Å². The van der Waals surface area contributed by atoms with Crippen molar-refractivity contribution in [1.82, 2.24) is 5.43 Å². The summed E-state index contributed by atoms with van der Waals surface area (Å²) in [7, 11) is 0. The zero-order valence-electron chi connectivity index (χ0n) is 13.7. The Bertz CT molecular complexity index is 684. The van der Waals surface area contributed by atoms with Gasteiger partial charge in [0.25, 0.3) is 5.91 Å². The molecule has 2 aromatic carbocycles. The molecule has 1 amide bonds. The van der Waals surface area contributed by atoms with Crippen molar-refractivity contribution in [2.75, 3.05) is 6.61 Å². The highest BCUT2D eigenvalue weighted by Crippen LogP contribution is 2.14. The Kier molecular flexibility index (Phi) is 7.30. The van der Waals surface area contributed by atoms with Crippen molar-refractivity contribution in [2.24, 2.45) is 5.10 Å². The molecule has 0 atom stereocenters. The number of aryl methyl sites for hydroxylation is 1. The number of hydrogen-bond acceptors (Lipinski definition) is 3.